The molecule has 0 fully saturated rings. The maximum Gasteiger partial charge on any atom is 0.234 e. The van der Waals surface area contributed by atoms with Crippen LogP contribution in [0.2, 0.25) is 0 Å². The van der Waals surface area contributed by atoms with Crippen molar-refractivity contribution in [2.24, 2.45) is 0 Å². The maximum absolute atomic E-state index is 11.0. The number of hydrogen-bond acceptors (Lipinski definition) is 2. The van der Waals surface area contributed by atoms with Crippen molar-refractivity contribution in [2.75, 3.05) is 32.8 Å². The first kappa shape index (κ1) is 11.4. The predicted octanol–water partition coefficient (Wildman–Crippen LogP) is -0.125. The van der Waals surface area contributed by atoms with Gasteiger partial charge in [-0.3, -0.25) is 9.69 Å². The fourth-order valence-electron chi connectivity index (χ4n) is 0.897. The first-order valence-electron chi connectivity index (χ1n) is 4.31. The molecule has 71 valence electrons. The van der Waals surface area contributed by atoms with E-state index >= 15 is 0 Å². The lowest BCUT2D eigenvalue weighted by atomic mass is 10.4. The van der Waals surface area contributed by atoms with Gasteiger partial charge in [0, 0.05) is 6.54 Å². The number of nitrogens with zero attached hydrogens (tertiary/aromatic N) is 1. The highest BCUT2D eigenvalue weighted by atomic mass is 16.3. The monoisotopic (exact) mass is 173 g/mol. The Morgan fingerprint density at radius 1 is 1.33 bits per heavy atom. The van der Waals surface area contributed by atoms with Crippen molar-refractivity contribution in [1.82, 2.24) is 10.2 Å². The van der Waals surface area contributed by atoms with E-state index in [1.54, 1.807) is 0 Å². The molecule has 0 bridgehead atoms. The average Bonchev–Trinajstić information content (AvgIpc) is 2.10. The summed E-state index contributed by atoms with van der Waals surface area (Å²) in [5, 5.41) is 12.6. The third-order valence-corrected chi connectivity index (χ3v) is 1.69. The molecule has 1 radical (unpaired) electrons. The summed E-state index contributed by atoms with van der Waals surface area (Å²) in [6.45, 7) is 6.12. The molecule has 0 aliphatic heterocycles. The van der Waals surface area contributed by atoms with E-state index in [1.807, 2.05) is 18.7 Å². The Kier molecular flexibility index (Phi) is 6.70. The van der Waals surface area contributed by atoms with Gasteiger partial charge in [-0.05, 0) is 13.1 Å². The van der Waals surface area contributed by atoms with Crippen LogP contribution in [0, 0.1) is 0 Å². The van der Waals surface area contributed by atoms with Crippen molar-refractivity contribution < 1.29 is 9.90 Å². The zero-order valence-electron chi connectivity index (χ0n) is 7.80. The number of nitrogens with one attached hydrogen (secondary N) is 1. The van der Waals surface area contributed by atoms with E-state index in [0.29, 0.717) is 6.54 Å². The zero-order valence-corrected chi connectivity index (χ0v) is 7.80. The van der Waals surface area contributed by atoms with Gasteiger partial charge >= 0.3 is 0 Å². The van der Waals surface area contributed by atoms with Gasteiger partial charge in [-0.1, -0.05) is 13.8 Å². The first-order chi connectivity index (χ1) is 5.74. The Bertz CT molecular complexity index is 124. The van der Waals surface area contributed by atoms with Gasteiger partial charge in [0.2, 0.25) is 5.91 Å². The highest BCUT2D eigenvalue weighted by Gasteiger charge is 2.05. The van der Waals surface area contributed by atoms with Crippen LogP contribution in [0.4, 0.5) is 0 Å². The minimum absolute atomic E-state index is 0.0606. The van der Waals surface area contributed by atoms with Crippen LogP contribution < -0.4 is 5.32 Å². The molecule has 4 nitrogen and oxygen atoms in total. The summed E-state index contributed by atoms with van der Waals surface area (Å²) in [6, 6.07) is 0. The number of rotatable bonds is 6. The van der Waals surface area contributed by atoms with Crippen molar-refractivity contribution in [1.29, 1.82) is 0 Å². The molecule has 0 saturated carbocycles. The highest BCUT2D eigenvalue weighted by molar-refractivity contribution is 5.77. The van der Waals surface area contributed by atoms with Crippen LogP contribution in [0.25, 0.3) is 0 Å². The largest absolute Gasteiger partial charge is 0.353 e. The van der Waals surface area contributed by atoms with Crippen molar-refractivity contribution in [2.45, 2.75) is 13.8 Å². The van der Waals surface area contributed by atoms with Gasteiger partial charge in [-0.15, -0.1) is 0 Å². The molecule has 0 unspecified atom stereocenters. The summed E-state index contributed by atoms with van der Waals surface area (Å²) in [5.74, 6) is -0.0606. The number of likely N-dealkylation sites (N-methyl/N-ethyl adjacent to an activating group) is 1. The second-order valence-electron chi connectivity index (χ2n) is 2.52. The summed E-state index contributed by atoms with van der Waals surface area (Å²) in [5.41, 5.74) is 0. The molecule has 0 aromatic heterocycles. The quantitative estimate of drug-likeness (QED) is 0.608. The molecule has 0 aliphatic carbocycles. The SMILES string of the molecule is CCN(CC)CC(=O)NCC[O]. The minimum atomic E-state index is -0.246. The van der Waals surface area contributed by atoms with Gasteiger partial charge in [-0.2, -0.15) is 0 Å². The van der Waals surface area contributed by atoms with Crippen molar-refractivity contribution in [3.63, 3.8) is 0 Å². The molecular weight excluding hydrogens is 156 g/mol. The van der Waals surface area contributed by atoms with Crippen LogP contribution in [0.1, 0.15) is 13.8 Å². The second kappa shape index (κ2) is 7.06. The average molecular weight is 173 g/mol. The van der Waals surface area contributed by atoms with E-state index < -0.39 is 0 Å². The lowest BCUT2D eigenvalue weighted by Crippen LogP contribution is -2.37. The molecule has 4 heteroatoms. The molecule has 12 heavy (non-hydrogen) atoms. The van der Waals surface area contributed by atoms with E-state index in [2.05, 4.69) is 5.32 Å². The van der Waals surface area contributed by atoms with Gasteiger partial charge in [0.1, 0.15) is 0 Å². The molecule has 0 atom stereocenters. The molecule has 0 heterocycles. The molecule has 0 aliphatic rings. The van der Waals surface area contributed by atoms with E-state index in [1.165, 1.54) is 0 Å². The summed E-state index contributed by atoms with van der Waals surface area (Å²) in [7, 11) is 0. The normalized spacial score (nSPS) is 10.3. The summed E-state index contributed by atoms with van der Waals surface area (Å²) >= 11 is 0. The van der Waals surface area contributed by atoms with Gasteiger partial charge in [0.25, 0.3) is 0 Å². The van der Waals surface area contributed by atoms with Crippen LogP contribution in [0.15, 0.2) is 0 Å². The van der Waals surface area contributed by atoms with Crippen molar-refractivity contribution >= 4 is 5.91 Å². The highest BCUT2D eigenvalue weighted by Crippen LogP contribution is 1.84. The standard InChI is InChI=1S/C8H17N2O2/c1-3-10(4-2)7-8(12)9-5-6-11/h3-7H2,1-2H3,(H,9,12). The summed E-state index contributed by atoms with van der Waals surface area (Å²) in [4.78, 5) is 13.0. The molecule has 1 amide bonds. The Morgan fingerprint density at radius 3 is 2.33 bits per heavy atom. The van der Waals surface area contributed by atoms with Crippen molar-refractivity contribution in [3.05, 3.63) is 0 Å². The van der Waals surface area contributed by atoms with Gasteiger partial charge in [0.15, 0.2) is 0 Å². The van der Waals surface area contributed by atoms with Gasteiger partial charge in [-0.25, -0.2) is 5.11 Å². The lowest BCUT2D eigenvalue weighted by Gasteiger charge is -2.16. The van der Waals surface area contributed by atoms with Crippen LogP contribution in [0.3, 0.4) is 0 Å². The van der Waals surface area contributed by atoms with E-state index in [4.69, 9.17) is 0 Å². The Morgan fingerprint density at radius 2 is 1.92 bits per heavy atom. The van der Waals surface area contributed by atoms with Gasteiger partial charge < -0.3 is 5.32 Å². The van der Waals surface area contributed by atoms with Crippen molar-refractivity contribution in [3.8, 4) is 0 Å². The molecule has 0 saturated heterocycles. The molecule has 0 aromatic rings. The van der Waals surface area contributed by atoms with Crippen LogP contribution in [0.5, 0.6) is 0 Å². The summed E-state index contributed by atoms with van der Waals surface area (Å²) in [6.07, 6.45) is 0. The Balaban J connectivity index is 3.52. The molecule has 0 aromatic carbocycles. The Hall–Kier alpha value is -0.610. The summed E-state index contributed by atoms with van der Waals surface area (Å²) < 4.78 is 0. The van der Waals surface area contributed by atoms with Gasteiger partial charge in [0.05, 0.1) is 13.2 Å². The maximum atomic E-state index is 11.0. The van der Waals surface area contributed by atoms with E-state index in [-0.39, 0.29) is 19.1 Å². The van der Waals surface area contributed by atoms with E-state index in [9.17, 15) is 9.90 Å². The predicted molar refractivity (Wildman–Crippen MR) is 46.4 cm³/mol. The number of hydrogen-bond donors (Lipinski definition) is 1. The molecule has 0 rings (SSSR count). The smallest absolute Gasteiger partial charge is 0.234 e. The number of carbonyl (C=O) groups excluding carboxylic acids is 1. The minimum Gasteiger partial charge on any atom is -0.353 e. The number of carbonyl (C=O) groups is 1. The topological polar surface area (TPSA) is 52.2 Å². The van der Waals surface area contributed by atoms with Crippen LogP contribution in [-0.4, -0.2) is 43.6 Å². The molecule has 1 N–H and O–H groups in total. The molecule has 0 spiro atoms. The van der Waals surface area contributed by atoms with Crippen LogP contribution >= 0.6 is 0 Å². The Labute approximate surface area is 73.6 Å². The third-order valence-electron chi connectivity index (χ3n) is 1.69. The van der Waals surface area contributed by atoms with E-state index in [0.717, 1.165) is 13.1 Å². The number of amides is 1. The lowest BCUT2D eigenvalue weighted by molar-refractivity contribution is -0.122. The third kappa shape index (κ3) is 5.09. The van der Waals surface area contributed by atoms with Crippen LogP contribution in [-0.2, 0) is 9.90 Å². The zero-order chi connectivity index (χ0) is 9.40. The fraction of sp³-hybridized carbons (Fsp3) is 0.875. The fourth-order valence-corrected chi connectivity index (χ4v) is 0.897. The second-order valence-corrected chi connectivity index (χ2v) is 2.52. The molecular formula is C8H17N2O2. The first-order valence-corrected chi connectivity index (χ1v) is 4.31.